The third-order valence-corrected chi connectivity index (χ3v) is 4.47. The van der Waals surface area contributed by atoms with Gasteiger partial charge in [-0.05, 0) is 42.2 Å². The van der Waals surface area contributed by atoms with Gasteiger partial charge in [0.25, 0.3) is 0 Å². The van der Waals surface area contributed by atoms with Crippen LogP contribution in [-0.4, -0.2) is 10.8 Å². The minimum Gasteiger partial charge on any atom is -0.299 e. The van der Waals surface area contributed by atoms with Crippen LogP contribution in [0.25, 0.3) is 0 Å². The van der Waals surface area contributed by atoms with Gasteiger partial charge in [0.2, 0.25) is 0 Å². The number of nitrogens with zero attached hydrogens (tertiary/aromatic N) is 1. The summed E-state index contributed by atoms with van der Waals surface area (Å²) in [4.78, 5) is 16.9. The van der Waals surface area contributed by atoms with Crippen LogP contribution in [0.5, 0.6) is 0 Å². The van der Waals surface area contributed by atoms with Crippen LogP contribution in [0.1, 0.15) is 29.2 Å². The zero-order chi connectivity index (χ0) is 14.1. The average molecular weight is 306 g/mol. The van der Waals surface area contributed by atoms with Gasteiger partial charge in [-0.2, -0.15) is 0 Å². The largest absolute Gasteiger partial charge is 0.299 e. The molecule has 0 radical (unpaired) electrons. The second-order valence-electron chi connectivity index (χ2n) is 4.98. The van der Waals surface area contributed by atoms with Crippen molar-refractivity contribution in [1.29, 1.82) is 0 Å². The highest BCUT2D eigenvalue weighted by molar-refractivity contribution is 6.36. The van der Waals surface area contributed by atoms with Crippen LogP contribution in [0.15, 0.2) is 36.5 Å². The number of carbonyl (C=O) groups excluding carboxylic acids is 1. The normalized spacial score (nSPS) is 17.0. The van der Waals surface area contributed by atoms with Crippen LogP contribution in [0, 0.1) is 0 Å². The molecule has 102 valence electrons. The average Bonchev–Trinajstić information content (AvgIpc) is 2.87. The fourth-order valence-electron chi connectivity index (χ4n) is 2.72. The van der Waals surface area contributed by atoms with Gasteiger partial charge in [-0.1, -0.05) is 35.3 Å². The second kappa shape index (κ2) is 5.55. The Balaban J connectivity index is 1.85. The predicted molar refractivity (Wildman–Crippen MR) is 80.5 cm³/mol. The second-order valence-corrected chi connectivity index (χ2v) is 5.80. The first-order valence-corrected chi connectivity index (χ1v) is 7.32. The van der Waals surface area contributed by atoms with Crippen molar-refractivity contribution in [3.8, 4) is 0 Å². The van der Waals surface area contributed by atoms with E-state index < -0.39 is 0 Å². The molecule has 1 unspecified atom stereocenters. The number of hydrogen-bond acceptors (Lipinski definition) is 2. The van der Waals surface area contributed by atoms with Crippen molar-refractivity contribution < 1.29 is 4.79 Å². The van der Waals surface area contributed by atoms with E-state index in [1.54, 1.807) is 24.4 Å². The number of hydrogen-bond donors (Lipinski definition) is 0. The van der Waals surface area contributed by atoms with E-state index in [4.69, 9.17) is 23.2 Å². The molecule has 2 aromatic rings. The molecule has 20 heavy (non-hydrogen) atoms. The van der Waals surface area contributed by atoms with Crippen molar-refractivity contribution in [2.75, 3.05) is 0 Å². The Morgan fingerprint density at radius 1 is 1.20 bits per heavy atom. The molecule has 0 N–H and O–H groups in total. The van der Waals surface area contributed by atoms with Crippen molar-refractivity contribution in [3.63, 3.8) is 0 Å². The maximum atomic E-state index is 12.5. The predicted octanol–water partition coefficient (Wildman–Crippen LogP) is 4.23. The third-order valence-electron chi connectivity index (χ3n) is 3.76. The summed E-state index contributed by atoms with van der Waals surface area (Å²) in [6.45, 7) is 0. The summed E-state index contributed by atoms with van der Waals surface area (Å²) in [6.07, 6.45) is 3.75. The first kappa shape index (κ1) is 13.6. The topological polar surface area (TPSA) is 30.0 Å². The molecule has 1 aromatic heterocycles. The molecule has 0 spiro atoms. The first-order valence-electron chi connectivity index (χ1n) is 6.56. The van der Waals surface area contributed by atoms with Crippen LogP contribution in [-0.2, 0) is 17.6 Å². The van der Waals surface area contributed by atoms with Crippen molar-refractivity contribution in [1.82, 2.24) is 4.98 Å². The zero-order valence-electron chi connectivity index (χ0n) is 10.8. The van der Waals surface area contributed by atoms with Crippen molar-refractivity contribution in [3.05, 3.63) is 63.4 Å². The van der Waals surface area contributed by atoms with Gasteiger partial charge < -0.3 is 0 Å². The van der Waals surface area contributed by atoms with Crippen LogP contribution in [0.2, 0.25) is 10.0 Å². The van der Waals surface area contributed by atoms with Crippen LogP contribution in [0.4, 0.5) is 0 Å². The van der Waals surface area contributed by atoms with E-state index in [1.165, 1.54) is 5.56 Å². The number of aromatic nitrogens is 1. The van der Waals surface area contributed by atoms with Gasteiger partial charge in [-0.25, -0.2) is 0 Å². The van der Waals surface area contributed by atoms with E-state index in [0.717, 1.165) is 18.5 Å². The molecule has 0 aliphatic heterocycles. The number of pyridine rings is 1. The van der Waals surface area contributed by atoms with Crippen molar-refractivity contribution in [2.45, 2.75) is 25.2 Å². The lowest BCUT2D eigenvalue weighted by Gasteiger charge is -2.11. The Bertz CT molecular complexity index is 649. The summed E-state index contributed by atoms with van der Waals surface area (Å²) >= 11 is 12.3. The summed E-state index contributed by atoms with van der Waals surface area (Å²) in [5, 5.41) is 1.09. The summed E-state index contributed by atoms with van der Waals surface area (Å²) in [6, 6.07) is 9.26. The Morgan fingerprint density at radius 3 is 2.70 bits per heavy atom. The van der Waals surface area contributed by atoms with E-state index >= 15 is 0 Å². The maximum absolute atomic E-state index is 12.5. The quantitative estimate of drug-likeness (QED) is 0.849. The van der Waals surface area contributed by atoms with Crippen LogP contribution < -0.4 is 0 Å². The third kappa shape index (κ3) is 2.46. The van der Waals surface area contributed by atoms with Crippen LogP contribution >= 0.6 is 23.2 Å². The molecule has 3 rings (SSSR count). The van der Waals surface area contributed by atoms with Gasteiger partial charge >= 0.3 is 0 Å². The number of ketones is 1. The number of benzene rings is 1. The fraction of sp³-hybridized carbons (Fsp3) is 0.250. The maximum Gasteiger partial charge on any atom is 0.146 e. The van der Waals surface area contributed by atoms with Gasteiger partial charge in [-0.3, -0.25) is 9.78 Å². The molecule has 2 nitrogen and oxygen atoms in total. The lowest BCUT2D eigenvalue weighted by molar-refractivity contribution is -0.119. The van der Waals surface area contributed by atoms with Gasteiger partial charge in [0.15, 0.2) is 0 Å². The van der Waals surface area contributed by atoms with E-state index in [1.807, 2.05) is 12.1 Å². The van der Waals surface area contributed by atoms with Gasteiger partial charge in [0.05, 0.1) is 11.6 Å². The monoisotopic (exact) mass is 305 g/mol. The lowest BCUT2D eigenvalue weighted by Crippen LogP contribution is -2.14. The minimum atomic E-state index is -0.126. The zero-order valence-corrected chi connectivity index (χ0v) is 12.3. The molecule has 0 fully saturated rings. The van der Waals surface area contributed by atoms with Gasteiger partial charge in [0, 0.05) is 22.7 Å². The number of aryl methyl sites for hydroxylation is 1. The molecule has 4 heteroatoms. The van der Waals surface area contributed by atoms with E-state index in [-0.39, 0.29) is 18.1 Å². The standard InChI is InChI=1S/C16H13Cl2NO/c17-13-4-1-5-14(18)12(13)9-15(20)11-7-6-10-3-2-8-19-16(10)11/h1-5,8,11H,6-7,9H2. The highest BCUT2D eigenvalue weighted by Gasteiger charge is 2.30. The van der Waals surface area contributed by atoms with Gasteiger partial charge in [0.1, 0.15) is 5.78 Å². The molecule has 1 heterocycles. The number of carbonyl (C=O) groups is 1. The molecule has 1 atom stereocenters. The number of fused-ring (bicyclic) bond motifs is 1. The van der Waals surface area contributed by atoms with E-state index in [0.29, 0.717) is 15.6 Å². The summed E-state index contributed by atoms with van der Waals surface area (Å²) in [7, 11) is 0. The molecular formula is C16H13Cl2NO. The molecular weight excluding hydrogens is 293 g/mol. The highest BCUT2D eigenvalue weighted by Crippen LogP contribution is 2.34. The number of Topliss-reactive ketones (excluding diaryl/α,β-unsaturated/α-hetero) is 1. The lowest BCUT2D eigenvalue weighted by atomic mass is 9.95. The fourth-order valence-corrected chi connectivity index (χ4v) is 3.26. The van der Waals surface area contributed by atoms with Crippen molar-refractivity contribution in [2.24, 2.45) is 0 Å². The molecule has 0 saturated carbocycles. The number of halogens is 2. The molecule has 0 saturated heterocycles. The van der Waals surface area contributed by atoms with E-state index in [2.05, 4.69) is 4.98 Å². The summed E-state index contributed by atoms with van der Waals surface area (Å²) in [5.41, 5.74) is 2.81. The SMILES string of the molecule is O=C(Cc1c(Cl)cccc1Cl)C1CCc2cccnc21. The Kier molecular flexibility index (Phi) is 3.77. The van der Waals surface area contributed by atoms with Gasteiger partial charge in [-0.15, -0.1) is 0 Å². The molecule has 0 amide bonds. The molecule has 1 aromatic carbocycles. The minimum absolute atomic E-state index is 0.126. The smallest absolute Gasteiger partial charge is 0.146 e. The molecule has 1 aliphatic carbocycles. The Hall–Kier alpha value is -1.38. The Morgan fingerprint density at radius 2 is 1.95 bits per heavy atom. The van der Waals surface area contributed by atoms with Crippen LogP contribution in [0.3, 0.4) is 0 Å². The number of rotatable bonds is 3. The highest BCUT2D eigenvalue weighted by atomic mass is 35.5. The first-order chi connectivity index (χ1) is 9.66. The Labute approximate surface area is 127 Å². The van der Waals surface area contributed by atoms with E-state index in [9.17, 15) is 4.79 Å². The summed E-state index contributed by atoms with van der Waals surface area (Å²) < 4.78 is 0. The molecule has 0 bridgehead atoms. The van der Waals surface area contributed by atoms with Crippen molar-refractivity contribution >= 4 is 29.0 Å². The summed E-state index contributed by atoms with van der Waals surface area (Å²) in [5.74, 6) is 0.0102. The molecule has 1 aliphatic rings.